The normalized spacial score (nSPS) is 11.6. The van der Waals surface area contributed by atoms with Crippen LogP contribution in [0.2, 0.25) is 5.02 Å². The summed E-state index contributed by atoms with van der Waals surface area (Å²) in [5.74, 6) is -0.577. The number of nitrogens with one attached hydrogen (secondary N) is 1. The first-order valence-electron chi connectivity index (χ1n) is 5.65. The van der Waals surface area contributed by atoms with Crippen molar-refractivity contribution in [1.29, 1.82) is 0 Å². The lowest BCUT2D eigenvalue weighted by molar-refractivity contribution is -0.135. The predicted molar refractivity (Wildman–Crippen MR) is 67.0 cm³/mol. The molecule has 0 unspecified atom stereocenters. The van der Waals surface area contributed by atoms with Crippen LogP contribution in [0.3, 0.4) is 0 Å². The van der Waals surface area contributed by atoms with E-state index in [1.807, 2.05) is 0 Å². The number of carbonyl (C=O) groups excluding carboxylic acids is 1. The Balaban J connectivity index is 2.40. The highest BCUT2D eigenvalue weighted by molar-refractivity contribution is 6.31. The van der Waals surface area contributed by atoms with E-state index in [1.54, 1.807) is 6.07 Å². The monoisotopic (exact) mass is 294 g/mol. The molecule has 0 bridgehead atoms. The van der Waals surface area contributed by atoms with Crippen LogP contribution in [0.4, 0.5) is 13.2 Å². The molecule has 1 rings (SSSR count). The highest BCUT2D eigenvalue weighted by Crippen LogP contribution is 2.21. The summed E-state index contributed by atoms with van der Waals surface area (Å²) in [7, 11) is 0. The average molecular weight is 295 g/mol. The molecule has 0 spiro atoms. The first kappa shape index (κ1) is 15.8. The van der Waals surface area contributed by atoms with E-state index in [-0.39, 0.29) is 13.0 Å². The van der Waals surface area contributed by atoms with Gasteiger partial charge in [-0.15, -0.1) is 0 Å². The largest absolute Gasteiger partial charge is 0.389 e. The Morgan fingerprint density at radius 1 is 1.37 bits per heavy atom. The molecule has 0 radical (unpaired) electrons. The van der Waals surface area contributed by atoms with E-state index in [9.17, 15) is 18.0 Å². The van der Waals surface area contributed by atoms with Crippen LogP contribution >= 0.6 is 11.6 Å². The van der Waals surface area contributed by atoms with Crippen molar-refractivity contribution in [2.75, 3.05) is 6.54 Å². The maximum atomic E-state index is 11.9. The molecular weight excluding hydrogens is 281 g/mol. The molecule has 0 aromatic heterocycles. The standard InChI is InChI=1S/C12H14ClF3N2O/c13-10-6-8(11(17)19)2-3-9(10)7-18-5-1-4-12(14,15)16/h2-3,6,18H,1,4-5,7H2,(H2,17,19). The number of alkyl halides is 3. The van der Waals surface area contributed by atoms with Crippen molar-refractivity contribution >= 4 is 17.5 Å². The van der Waals surface area contributed by atoms with Gasteiger partial charge >= 0.3 is 6.18 Å². The second kappa shape index (κ2) is 6.77. The Bertz CT molecular complexity index is 449. The van der Waals surface area contributed by atoms with Crippen molar-refractivity contribution in [2.24, 2.45) is 5.73 Å². The van der Waals surface area contributed by atoms with Crippen molar-refractivity contribution in [3.8, 4) is 0 Å². The first-order valence-corrected chi connectivity index (χ1v) is 6.03. The molecule has 1 amide bonds. The number of primary amides is 1. The number of amides is 1. The zero-order valence-corrected chi connectivity index (χ0v) is 10.8. The van der Waals surface area contributed by atoms with E-state index in [2.05, 4.69) is 5.32 Å². The zero-order valence-electron chi connectivity index (χ0n) is 10.1. The van der Waals surface area contributed by atoms with Gasteiger partial charge in [-0.05, 0) is 30.7 Å². The Morgan fingerprint density at radius 2 is 2.05 bits per heavy atom. The number of hydrogen-bond acceptors (Lipinski definition) is 2. The molecule has 7 heteroatoms. The second-order valence-electron chi connectivity index (χ2n) is 4.07. The van der Waals surface area contributed by atoms with Crippen molar-refractivity contribution in [3.05, 3.63) is 34.3 Å². The lowest BCUT2D eigenvalue weighted by Crippen LogP contribution is -2.18. The third-order valence-corrected chi connectivity index (χ3v) is 2.82. The average Bonchev–Trinajstić information content (AvgIpc) is 2.28. The van der Waals surface area contributed by atoms with Crippen LogP contribution in [0.25, 0.3) is 0 Å². The molecular formula is C12H14ClF3N2O. The fourth-order valence-electron chi connectivity index (χ4n) is 1.48. The van der Waals surface area contributed by atoms with Gasteiger partial charge < -0.3 is 11.1 Å². The minimum atomic E-state index is -4.12. The number of hydrogen-bond donors (Lipinski definition) is 2. The lowest BCUT2D eigenvalue weighted by Gasteiger charge is -2.09. The summed E-state index contributed by atoms with van der Waals surface area (Å²) in [5.41, 5.74) is 6.10. The SMILES string of the molecule is NC(=O)c1ccc(CNCCCC(F)(F)F)c(Cl)c1. The maximum Gasteiger partial charge on any atom is 0.389 e. The molecule has 0 saturated heterocycles. The minimum Gasteiger partial charge on any atom is -0.366 e. The number of halogens is 4. The van der Waals surface area contributed by atoms with Gasteiger partial charge in [0.15, 0.2) is 0 Å². The van der Waals surface area contributed by atoms with Crippen LogP contribution in [0.1, 0.15) is 28.8 Å². The molecule has 0 saturated carbocycles. The van der Waals surface area contributed by atoms with E-state index in [1.165, 1.54) is 12.1 Å². The molecule has 3 nitrogen and oxygen atoms in total. The number of benzene rings is 1. The zero-order chi connectivity index (χ0) is 14.5. The van der Waals surface area contributed by atoms with E-state index >= 15 is 0 Å². The lowest BCUT2D eigenvalue weighted by atomic mass is 10.1. The van der Waals surface area contributed by atoms with Crippen LogP contribution in [0.5, 0.6) is 0 Å². The molecule has 1 aromatic carbocycles. The molecule has 0 atom stereocenters. The van der Waals surface area contributed by atoms with Gasteiger partial charge in [0.25, 0.3) is 0 Å². The predicted octanol–water partition coefficient (Wildman–Crippen LogP) is 2.87. The van der Waals surface area contributed by atoms with Gasteiger partial charge in [0.05, 0.1) is 0 Å². The first-order chi connectivity index (χ1) is 8.79. The summed E-state index contributed by atoms with van der Waals surface area (Å²) in [6, 6.07) is 4.59. The summed E-state index contributed by atoms with van der Waals surface area (Å²) < 4.78 is 35.7. The maximum absolute atomic E-state index is 11.9. The summed E-state index contributed by atoms with van der Waals surface area (Å²) in [4.78, 5) is 10.9. The summed E-state index contributed by atoms with van der Waals surface area (Å²) in [5, 5.41) is 3.22. The van der Waals surface area contributed by atoms with Gasteiger partial charge in [-0.1, -0.05) is 17.7 Å². The fourth-order valence-corrected chi connectivity index (χ4v) is 1.73. The molecule has 19 heavy (non-hydrogen) atoms. The molecule has 0 aliphatic heterocycles. The van der Waals surface area contributed by atoms with Crippen LogP contribution in [0, 0.1) is 0 Å². The topological polar surface area (TPSA) is 55.1 Å². The highest BCUT2D eigenvalue weighted by atomic mass is 35.5. The van der Waals surface area contributed by atoms with Crippen molar-refractivity contribution < 1.29 is 18.0 Å². The second-order valence-corrected chi connectivity index (χ2v) is 4.47. The van der Waals surface area contributed by atoms with Gasteiger partial charge in [-0.2, -0.15) is 13.2 Å². The van der Waals surface area contributed by atoms with Crippen LogP contribution < -0.4 is 11.1 Å². The van der Waals surface area contributed by atoms with E-state index < -0.39 is 18.5 Å². The van der Waals surface area contributed by atoms with Crippen LogP contribution in [-0.4, -0.2) is 18.6 Å². The quantitative estimate of drug-likeness (QED) is 0.793. The van der Waals surface area contributed by atoms with Crippen LogP contribution in [-0.2, 0) is 6.54 Å². The van der Waals surface area contributed by atoms with Crippen molar-refractivity contribution in [2.45, 2.75) is 25.6 Å². The van der Waals surface area contributed by atoms with Crippen molar-refractivity contribution in [3.63, 3.8) is 0 Å². The Morgan fingerprint density at radius 3 is 2.58 bits per heavy atom. The smallest absolute Gasteiger partial charge is 0.366 e. The molecule has 0 aliphatic carbocycles. The summed E-state index contributed by atoms with van der Waals surface area (Å²) in [6.07, 6.45) is -4.92. The van der Waals surface area contributed by atoms with Gasteiger partial charge in [-0.3, -0.25) is 4.79 Å². The van der Waals surface area contributed by atoms with Crippen LogP contribution in [0.15, 0.2) is 18.2 Å². The van der Waals surface area contributed by atoms with E-state index in [0.717, 1.165) is 0 Å². The van der Waals surface area contributed by atoms with Gasteiger partial charge in [-0.25, -0.2) is 0 Å². The number of carbonyl (C=O) groups is 1. The molecule has 0 fully saturated rings. The Kier molecular flexibility index (Phi) is 5.62. The van der Waals surface area contributed by atoms with E-state index in [0.29, 0.717) is 22.7 Å². The Labute approximate surface area is 113 Å². The highest BCUT2D eigenvalue weighted by Gasteiger charge is 2.25. The van der Waals surface area contributed by atoms with Gasteiger partial charge in [0, 0.05) is 23.6 Å². The molecule has 106 valence electrons. The Hall–Kier alpha value is -1.27. The van der Waals surface area contributed by atoms with Gasteiger partial charge in [0.1, 0.15) is 0 Å². The minimum absolute atomic E-state index is 0.0144. The van der Waals surface area contributed by atoms with Crippen molar-refractivity contribution in [1.82, 2.24) is 5.32 Å². The third-order valence-electron chi connectivity index (χ3n) is 2.47. The molecule has 1 aromatic rings. The third kappa shape index (κ3) is 5.94. The molecule has 3 N–H and O–H groups in total. The van der Waals surface area contributed by atoms with E-state index in [4.69, 9.17) is 17.3 Å². The molecule has 0 aliphatic rings. The van der Waals surface area contributed by atoms with Gasteiger partial charge in [0.2, 0.25) is 5.91 Å². The number of nitrogens with two attached hydrogens (primary N) is 1. The fraction of sp³-hybridized carbons (Fsp3) is 0.417. The summed E-state index contributed by atoms with van der Waals surface area (Å²) in [6.45, 7) is 0.586. The summed E-state index contributed by atoms with van der Waals surface area (Å²) >= 11 is 5.93. The molecule has 0 heterocycles. The number of rotatable bonds is 6.